The van der Waals surface area contributed by atoms with Crippen LogP contribution in [0.2, 0.25) is 0 Å². The quantitative estimate of drug-likeness (QED) is 0.317. The zero-order valence-corrected chi connectivity index (χ0v) is 21.7. The molecule has 1 atom stereocenters. The van der Waals surface area contributed by atoms with Crippen LogP contribution in [0.15, 0.2) is 42.5 Å². The fourth-order valence-electron chi connectivity index (χ4n) is 5.00. The van der Waals surface area contributed by atoms with Gasteiger partial charge in [-0.3, -0.25) is 14.4 Å². The van der Waals surface area contributed by atoms with Gasteiger partial charge >= 0.3 is 5.97 Å². The maximum Gasteiger partial charge on any atom is 0.310 e. The van der Waals surface area contributed by atoms with Crippen molar-refractivity contribution < 1.29 is 29.0 Å². The molecule has 1 unspecified atom stereocenters. The standard InChI is InChI=1S/C30H38O6/c1-4-35-27-16-23(17-28(21(27)3)36-5-2)15-24(14-10-9-13-22-11-7-6-8-12-22)26(32)20-30(29(33)34)18-25(31)19-30/h6-8,11-12,16-17,24H,4-5,9-10,13-15,18-20H2,1-3H3,(H,33,34). The first-order valence-electron chi connectivity index (χ1n) is 13.0. The van der Waals surface area contributed by atoms with Gasteiger partial charge in [0.2, 0.25) is 0 Å². The molecule has 194 valence electrons. The van der Waals surface area contributed by atoms with E-state index >= 15 is 0 Å². The highest BCUT2D eigenvalue weighted by Crippen LogP contribution is 2.43. The van der Waals surface area contributed by atoms with E-state index in [1.54, 1.807) is 0 Å². The van der Waals surface area contributed by atoms with Crippen molar-refractivity contribution in [1.82, 2.24) is 0 Å². The second kappa shape index (κ2) is 12.7. The summed E-state index contributed by atoms with van der Waals surface area (Å²) in [5.41, 5.74) is 1.88. The Morgan fingerprint density at radius 2 is 1.58 bits per heavy atom. The van der Waals surface area contributed by atoms with E-state index in [9.17, 15) is 19.5 Å². The highest BCUT2D eigenvalue weighted by atomic mass is 16.5. The largest absolute Gasteiger partial charge is 0.493 e. The van der Waals surface area contributed by atoms with Crippen molar-refractivity contribution in [3.05, 3.63) is 59.2 Å². The number of benzene rings is 2. The molecule has 0 aliphatic heterocycles. The summed E-state index contributed by atoms with van der Waals surface area (Å²) >= 11 is 0. The molecule has 1 N–H and O–H groups in total. The number of hydrogen-bond acceptors (Lipinski definition) is 5. The minimum Gasteiger partial charge on any atom is -0.493 e. The third kappa shape index (κ3) is 6.96. The molecule has 1 aliphatic rings. The molecule has 3 rings (SSSR count). The van der Waals surface area contributed by atoms with E-state index in [1.807, 2.05) is 51.1 Å². The first kappa shape index (κ1) is 27.4. The molecule has 0 heterocycles. The van der Waals surface area contributed by atoms with Gasteiger partial charge in [0.25, 0.3) is 0 Å². The van der Waals surface area contributed by atoms with E-state index < -0.39 is 11.4 Å². The maximum atomic E-state index is 13.5. The zero-order chi connectivity index (χ0) is 26.1. The Kier molecular flexibility index (Phi) is 9.68. The Hall–Kier alpha value is -3.15. The molecule has 2 aromatic rings. The molecule has 6 nitrogen and oxygen atoms in total. The number of rotatable bonds is 15. The summed E-state index contributed by atoms with van der Waals surface area (Å²) < 4.78 is 11.6. The van der Waals surface area contributed by atoms with Gasteiger partial charge in [-0.2, -0.15) is 0 Å². The number of aliphatic carboxylic acids is 1. The van der Waals surface area contributed by atoms with Gasteiger partial charge in [0, 0.05) is 30.7 Å². The first-order chi connectivity index (χ1) is 17.3. The van der Waals surface area contributed by atoms with Crippen LogP contribution in [-0.2, 0) is 27.2 Å². The van der Waals surface area contributed by atoms with Crippen LogP contribution in [0, 0.1) is 18.3 Å². The van der Waals surface area contributed by atoms with Gasteiger partial charge in [0.1, 0.15) is 23.1 Å². The molecule has 0 saturated heterocycles. The third-order valence-corrected chi connectivity index (χ3v) is 7.06. The van der Waals surface area contributed by atoms with Gasteiger partial charge in [0.15, 0.2) is 0 Å². The van der Waals surface area contributed by atoms with Gasteiger partial charge in [-0.1, -0.05) is 36.8 Å². The lowest BCUT2D eigenvalue weighted by Gasteiger charge is -2.36. The van der Waals surface area contributed by atoms with E-state index in [4.69, 9.17) is 9.47 Å². The number of carbonyl (C=O) groups excluding carboxylic acids is 2. The van der Waals surface area contributed by atoms with Crippen LogP contribution in [0.5, 0.6) is 11.5 Å². The Morgan fingerprint density at radius 3 is 2.11 bits per heavy atom. The minimum absolute atomic E-state index is 0.0533. The smallest absolute Gasteiger partial charge is 0.310 e. The van der Waals surface area contributed by atoms with Crippen molar-refractivity contribution in [2.24, 2.45) is 11.3 Å². The lowest BCUT2D eigenvalue weighted by molar-refractivity contribution is -0.163. The molecule has 6 heteroatoms. The van der Waals surface area contributed by atoms with Gasteiger partial charge in [-0.25, -0.2) is 0 Å². The third-order valence-electron chi connectivity index (χ3n) is 7.06. The maximum absolute atomic E-state index is 13.5. The van der Waals surface area contributed by atoms with Crippen molar-refractivity contribution in [2.75, 3.05) is 13.2 Å². The number of aryl methyl sites for hydroxylation is 1. The predicted molar refractivity (Wildman–Crippen MR) is 139 cm³/mol. The van der Waals surface area contributed by atoms with Crippen molar-refractivity contribution in [2.45, 2.75) is 72.1 Å². The van der Waals surface area contributed by atoms with Crippen LogP contribution < -0.4 is 9.47 Å². The number of hydrogen-bond donors (Lipinski definition) is 1. The van der Waals surface area contributed by atoms with Gasteiger partial charge in [0.05, 0.1) is 18.6 Å². The number of Topliss-reactive ketones (excluding diaryl/α,β-unsaturated/α-hetero) is 2. The Bertz CT molecular complexity index is 1020. The number of carboxylic acid groups (broad SMARTS) is 1. The summed E-state index contributed by atoms with van der Waals surface area (Å²) in [6.45, 7) is 6.85. The molecule has 1 fully saturated rings. The molecule has 1 aliphatic carbocycles. The van der Waals surface area contributed by atoms with Gasteiger partial charge < -0.3 is 14.6 Å². The van der Waals surface area contributed by atoms with E-state index in [0.717, 1.165) is 41.9 Å². The average molecular weight is 495 g/mol. The summed E-state index contributed by atoms with van der Waals surface area (Å²) in [7, 11) is 0. The van der Waals surface area contributed by atoms with Gasteiger partial charge in [-0.05, 0) is 69.7 Å². The molecule has 2 aromatic carbocycles. The molecular formula is C30H38O6. The summed E-state index contributed by atoms with van der Waals surface area (Å²) in [6.07, 6.45) is 3.67. The SMILES string of the molecule is CCOc1cc(CC(CCCCc2ccccc2)C(=O)CC2(C(=O)O)CC(=O)C2)cc(OCC)c1C. The second-order valence-corrected chi connectivity index (χ2v) is 9.84. The van der Waals surface area contributed by atoms with E-state index in [-0.39, 0.29) is 36.7 Å². The summed E-state index contributed by atoms with van der Waals surface area (Å²) in [4.78, 5) is 37.0. The predicted octanol–water partition coefficient (Wildman–Crippen LogP) is 5.76. The highest BCUT2D eigenvalue weighted by molar-refractivity contribution is 6.00. The first-order valence-corrected chi connectivity index (χ1v) is 13.0. The van der Waals surface area contributed by atoms with E-state index in [0.29, 0.717) is 26.1 Å². The molecule has 36 heavy (non-hydrogen) atoms. The molecular weight excluding hydrogens is 456 g/mol. The Balaban J connectivity index is 1.78. The van der Waals surface area contributed by atoms with E-state index in [2.05, 4.69) is 12.1 Å². The number of unbranched alkanes of at least 4 members (excludes halogenated alkanes) is 1. The molecule has 0 radical (unpaired) electrons. The second-order valence-electron chi connectivity index (χ2n) is 9.84. The van der Waals surface area contributed by atoms with Crippen LogP contribution in [-0.4, -0.2) is 35.9 Å². The van der Waals surface area contributed by atoms with E-state index in [1.165, 1.54) is 5.56 Å². The fourth-order valence-corrected chi connectivity index (χ4v) is 5.00. The number of ether oxygens (including phenoxy) is 2. The lowest BCUT2D eigenvalue weighted by atomic mass is 9.64. The molecule has 0 amide bonds. The number of carboxylic acids is 1. The lowest BCUT2D eigenvalue weighted by Crippen LogP contribution is -2.46. The number of carbonyl (C=O) groups is 3. The molecule has 0 spiro atoms. The molecule has 1 saturated carbocycles. The van der Waals surface area contributed by atoms with Crippen LogP contribution >= 0.6 is 0 Å². The van der Waals surface area contributed by atoms with Crippen molar-refractivity contribution in [1.29, 1.82) is 0 Å². The minimum atomic E-state index is -1.24. The molecule has 0 aromatic heterocycles. The Morgan fingerprint density at radius 1 is 0.972 bits per heavy atom. The molecule has 0 bridgehead atoms. The fraction of sp³-hybridized carbons (Fsp3) is 0.500. The van der Waals surface area contributed by atoms with Gasteiger partial charge in [-0.15, -0.1) is 0 Å². The zero-order valence-electron chi connectivity index (χ0n) is 21.7. The normalized spacial score (nSPS) is 15.1. The number of ketones is 2. The van der Waals surface area contributed by atoms with Crippen molar-refractivity contribution in [3.8, 4) is 11.5 Å². The van der Waals surface area contributed by atoms with Crippen molar-refractivity contribution >= 4 is 17.5 Å². The Labute approximate surface area is 214 Å². The van der Waals surface area contributed by atoms with Crippen LogP contribution in [0.4, 0.5) is 0 Å². The van der Waals surface area contributed by atoms with Crippen LogP contribution in [0.3, 0.4) is 0 Å². The summed E-state index contributed by atoms with van der Waals surface area (Å²) in [5.74, 6) is -0.0853. The summed E-state index contributed by atoms with van der Waals surface area (Å²) in [6, 6.07) is 14.2. The monoisotopic (exact) mass is 494 g/mol. The van der Waals surface area contributed by atoms with Crippen molar-refractivity contribution in [3.63, 3.8) is 0 Å². The summed E-state index contributed by atoms with van der Waals surface area (Å²) in [5, 5.41) is 9.75. The van der Waals surface area contributed by atoms with Crippen LogP contribution in [0.25, 0.3) is 0 Å². The average Bonchev–Trinajstić information content (AvgIpc) is 2.83. The highest BCUT2D eigenvalue weighted by Gasteiger charge is 2.51. The van der Waals surface area contributed by atoms with Crippen LogP contribution in [0.1, 0.15) is 69.1 Å². The topological polar surface area (TPSA) is 89.9 Å².